The van der Waals surface area contributed by atoms with Gasteiger partial charge in [-0.15, -0.1) is 0 Å². The standard InChI is InChI=1S/C43H52N4O5Si/c1-6-52-42(49)29-36(16-12-24-50-30-33-14-8-7-9-15-33)35-19-21-37(22-20-35)44-41(48)28-34-18-23-39-40(27-34)47(31-51-25-26-53(3,4)5)43(46-39)45-38-17-11-10-13-32(38)2/h7-11,13-23,27H,6,12,24-26,28-31H2,1-5H3,(H,44,48)(H,45,46). The summed E-state index contributed by atoms with van der Waals surface area (Å²) in [6.07, 6.45) is 3.02. The first-order chi connectivity index (χ1) is 25.6. The molecule has 1 heterocycles. The highest BCUT2D eigenvalue weighted by molar-refractivity contribution is 6.76. The minimum atomic E-state index is -1.25. The Kier molecular flexibility index (Phi) is 14.2. The summed E-state index contributed by atoms with van der Waals surface area (Å²) in [7, 11) is -1.25. The molecule has 0 saturated carbocycles. The Morgan fingerprint density at radius 1 is 0.868 bits per heavy atom. The normalized spacial score (nSPS) is 11.8. The van der Waals surface area contributed by atoms with Crippen molar-refractivity contribution in [1.29, 1.82) is 0 Å². The predicted molar refractivity (Wildman–Crippen MR) is 217 cm³/mol. The first-order valence-corrected chi connectivity index (χ1v) is 22.0. The Morgan fingerprint density at radius 2 is 1.62 bits per heavy atom. The maximum atomic E-state index is 13.3. The zero-order valence-electron chi connectivity index (χ0n) is 31.6. The lowest BCUT2D eigenvalue weighted by Crippen LogP contribution is -2.22. The third-order valence-electron chi connectivity index (χ3n) is 8.73. The molecule has 2 N–H and O–H groups in total. The summed E-state index contributed by atoms with van der Waals surface area (Å²) >= 11 is 0. The Hall–Kier alpha value is -5.03. The number of benzene rings is 4. The Bertz CT molecular complexity index is 1980. The number of esters is 1. The number of hydrogen-bond donors (Lipinski definition) is 2. The van der Waals surface area contributed by atoms with Crippen molar-refractivity contribution < 1.29 is 23.8 Å². The molecular formula is C43H52N4O5Si. The fraction of sp³-hybridized carbons (Fsp3) is 0.326. The van der Waals surface area contributed by atoms with Crippen molar-refractivity contribution in [1.82, 2.24) is 9.55 Å². The molecule has 5 aromatic rings. The number of fused-ring (bicyclic) bond motifs is 1. The van der Waals surface area contributed by atoms with E-state index in [1.807, 2.05) is 102 Å². The second-order valence-corrected chi connectivity index (χ2v) is 19.9. The van der Waals surface area contributed by atoms with Crippen LogP contribution < -0.4 is 10.6 Å². The molecule has 0 radical (unpaired) electrons. The molecule has 0 unspecified atom stereocenters. The van der Waals surface area contributed by atoms with Gasteiger partial charge < -0.3 is 24.8 Å². The van der Waals surface area contributed by atoms with Gasteiger partial charge in [0, 0.05) is 26.1 Å². The van der Waals surface area contributed by atoms with E-state index in [1.54, 1.807) is 6.92 Å². The van der Waals surface area contributed by atoms with Crippen molar-refractivity contribution in [2.75, 3.05) is 30.5 Å². The lowest BCUT2D eigenvalue weighted by atomic mass is 10.0. The van der Waals surface area contributed by atoms with Crippen LogP contribution in [0.1, 0.15) is 42.0 Å². The van der Waals surface area contributed by atoms with Crippen molar-refractivity contribution >= 4 is 53.9 Å². The Morgan fingerprint density at radius 3 is 2.36 bits per heavy atom. The van der Waals surface area contributed by atoms with E-state index in [9.17, 15) is 9.59 Å². The van der Waals surface area contributed by atoms with Gasteiger partial charge in [-0.2, -0.15) is 0 Å². The van der Waals surface area contributed by atoms with Gasteiger partial charge in [-0.05, 0) is 84.5 Å². The van der Waals surface area contributed by atoms with Gasteiger partial charge in [-0.3, -0.25) is 14.2 Å². The highest BCUT2D eigenvalue weighted by Crippen LogP contribution is 2.27. The number of amides is 1. The van der Waals surface area contributed by atoms with E-state index in [4.69, 9.17) is 19.2 Å². The lowest BCUT2D eigenvalue weighted by Gasteiger charge is -2.17. The van der Waals surface area contributed by atoms with Crippen LogP contribution >= 0.6 is 0 Å². The van der Waals surface area contributed by atoms with Crippen LogP contribution in [0.4, 0.5) is 17.3 Å². The molecule has 0 saturated heterocycles. The summed E-state index contributed by atoms with van der Waals surface area (Å²) in [6.45, 7) is 13.3. The first-order valence-electron chi connectivity index (χ1n) is 18.3. The molecule has 53 heavy (non-hydrogen) atoms. The van der Waals surface area contributed by atoms with Crippen molar-refractivity contribution in [3.63, 3.8) is 0 Å². The average molecular weight is 733 g/mol. The first kappa shape index (κ1) is 39.2. The monoisotopic (exact) mass is 732 g/mol. The van der Waals surface area contributed by atoms with E-state index >= 15 is 0 Å². The fourth-order valence-electron chi connectivity index (χ4n) is 5.77. The number of carbonyl (C=O) groups is 2. The van der Waals surface area contributed by atoms with Crippen LogP contribution in [0.15, 0.2) is 103 Å². The molecule has 278 valence electrons. The molecule has 1 aromatic heterocycles. The summed E-state index contributed by atoms with van der Waals surface area (Å²) in [5.74, 6) is 0.279. The minimum Gasteiger partial charge on any atom is -0.466 e. The van der Waals surface area contributed by atoms with Gasteiger partial charge in [0.05, 0.1) is 43.7 Å². The number of nitrogens with one attached hydrogen (secondary N) is 2. The number of carbonyl (C=O) groups excluding carboxylic acids is 2. The molecule has 0 bridgehead atoms. The summed E-state index contributed by atoms with van der Waals surface area (Å²) in [6, 6.07) is 32.7. The third-order valence-corrected chi connectivity index (χ3v) is 10.4. The van der Waals surface area contributed by atoms with Crippen molar-refractivity contribution in [3.8, 4) is 0 Å². The van der Waals surface area contributed by atoms with Gasteiger partial charge in [0.15, 0.2) is 0 Å². The average Bonchev–Trinajstić information content (AvgIpc) is 3.46. The summed E-state index contributed by atoms with van der Waals surface area (Å²) in [4.78, 5) is 30.6. The van der Waals surface area contributed by atoms with E-state index in [1.165, 1.54) is 0 Å². The summed E-state index contributed by atoms with van der Waals surface area (Å²) in [5.41, 5.74) is 8.22. The number of hydrogen-bond acceptors (Lipinski definition) is 7. The van der Waals surface area contributed by atoms with Crippen molar-refractivity contribution in [2.24, 2.45) is 0 Å². The molecule has 0 spiro atoms. The third kappa shape index (κ3) is 12.3. The predicted octanol–water partition coefficient (Wildman–Crippen LogP) is 9.53. The molecule has 5 rings (SSSR count). The topological polar surface area (TPSA) is 104 Å². The SMILES string of the molecule is CCOC(=O)CC(=CCCOCc1ccccc1)c1ccc(NC(=O)Cc2ccc3nc(Nc4ccccc4C)n(COCC[Si](C)(C)C)c3c2)cc1. The Balaban J connectivity index is 1.25. The number of anilines is 3. The number of imidazole rings is 1. The maximum absolute atomic E-state index is 13.3. The largest absolute Gasteiger partial charge is 0.466 e. The number of para-hydroxylation sites is 1. The van der Waals surface area contributed by atoms with E-state index in [0.29, 0.717) is 51.2 Å². The number of aryl methyl sites for hydroxylation is 1. The summed E-state index contributed by atoms with van der Waals surface area (Å²) in [5, 5.41) is 6.53. The number of ether oxygens (including phenoxy) is 3. The van der Waals surface area contributed by atoms with Gasteiger partial charge >= 0.3 is 5.97 Å². The van der Waals surface area contributed by atoms with Gasteiger partial charge in [0.2, 0.25) is 11.9 Å². The van der Waals surface area contributed by atoms with Crippen LogP contribution in [0.2, 0.25) is 25.7 Å². The molecule has 0 aliphatic heterocycles. The second kappa shape index (κ2) is 19.2. The molecule has 10 heteroatoms. The second-order valence-electron chi connectivity index (χ2n) is 14.3. The lowest BCUT2D eigenvalue weighted by molar-refractivity contribution is -0.141. The fourth-order valence-corrected chi connectivity index (χ4v) is 6.53. The van der Waals surface area contributed by atoms with Gasteiger partial charge in [-0.25, -0.2) is 4.98 Å². The van der Waals surface area contributed by atoms with Gasteiger partial charge in [-0.1, -0.05) is 92.4 Å². The molecular weight excluding hydrogens is 681 g/mol. The van der Waals surface area contributed by atoms with Crippen molar-refractivity contribution in [2.45, 2.75) is 72.1 Å². The minimum absolute atomic E-state index is 0.134. The van der Waals surface area contributed by atoms with Crippen LogP contribution in [-0.2, 0) is 43.6 Å². The van der Waals surface area contributed by atoms with Crippen LogP contribution in [0.5, 0.6) is 0 Å². The quantitative estimate of drug-likeness (QED) is 0.0495. The number of aromatic nitrogens is 2. The molecule has 1 amide bonds. The maximum Gasteiger partial charge on any atom is 0.310 e. The molecule has 0 atom stereocenters. The van der Waals surface area contributed by atoms with E-state index in [0.717, 1.165) is 50.6 Å². The van der Waals surface area contributed by atoms with E-state index in [-0.39, 0.29) is 24.7 Å². The Labute approximate surface area is 314 Å². The van der Waals surface area contributed by atoms with Crippen molar-refractivity contribution in [3.05, 3.63) is 125 Å². The zero-order valence-corrected chi connectivity index (χ0v) is 32.6. The van der Waals surface area contributed by atoms with Crippen LogP contribution in [0, 0.1) is 6.92 Å². The van der Waals surface area contributed by atoms with Gasteiger partial charge in [0.25, 0.3) is 0 Å². The van der Waals surface area contributed by atoms with Crippen LogP contribution in [0.25, 0.3) is 16.6 Å². The van der Waals surface area contributed by atoms with Crippen LogP contribution in [-0.4, -0.2) is 49.3 Å². The molecule has 9 nitrogen and oxygen atoms in total. The number of rotatable bonds is 19. The molecule has 0 aliphatic rings. The number of nitrogens with zero attached hydrogens (tertiary/aromatic N) is 2. The smallest absolute Gasteiger partial charge is 0.310 e. The van der Waals surface area contributed by atoms with Crippen LogP contribution in [0.3, 0.4) is 0 Å². The molecule has 0 aliphatic carbocycles. The highest BCUT2D eigenvalue weighted by atomic mass is 28.3. The highest BCUT2D eigenvalue weighted by Gasteiger charge is 2.16. The van der Waals surface area contributed by atoms with E-state index in [2.05, 4.69) is 43.3 Å². The molecule has 4 aromatic carbocycles. The summed E-state index contributed by atoms with van der Waals surface area (Å²) < 4.78 is 19.3. The zero-order chi connectivity index (χ0) is 37.6. The van der Waals surface area contributed by atoms with E-state index < -0.39 is 8.07 Å². The van der Waals surface area contributed by atoms with Gasteiger partial charge in [0.1, 0.15) is 6.73 Å². The molecule has 0 fully saturated rings.